The van der Waals surface area contributed by atoms with Crippen LogP contribution in [0, 0.1) is 0 Å². The number of imidazole rings is 1. The minimum Gasteiger partial charge on any atom is -0.476 e. The molecular formula is C22H15ClN2O2. The van der Waals surface area contributed by atoms with Crippen LogP contribution in [0.2, 0.25) is 5.15 Å². The minimum atomic E-state index is -1.15. The van der Waals surface area contributed by atoms with E-state index in [0.717, 1.165) is 22.3 Å². The van der Waals surface area contributed by atoms with E-state index in [0.29, 0.717) is 5.65 Å². The van der Waals surface area contributed by atoms with Gasteiger partial charge in [-0.25, -0.2) is 9.78 Å². The molecule has 0 atom stereocenters. The van der Waals surface area contributed by atoms with Crippen LogP contribution in [0.15, 0.2) is 72.9 Å². The van der Waals surface area contributed by atoms with Gasteiger partial charge in [0, 0.05) is 11.8 Å². The highest BCUT2D eigenvalue weighted by atomic mass is 35.5. The molecule has 4 aromatic rings. The van der Waals surface area contributed by atoms with Gasteiger partial charge in [0.25, 0.3) is 0 Å². The number of aromatic nitrogens is 2. The highest BCUT2D eigenvalue weighted by Crippen LogP contribution is 2.28. The average molecular weight is 375 g/mol. The third-order valence-electron chi connectivity index (χ3n) is 4.25. The van der Waals surface area contributed by atoms with Crippen molar-refractivity contribution in [2.45, 2.75) is 0 Å². The maximum Gasteiger partial charge on any atom is 0.357 e. The van der Waals surface area contributed by atoms with E-state index in [4.69, 9.17) is 11.6 Å². The summed E-state index contributed by atoms with van der Waals surface area (Å²) in [4.78, 5) is 15.7. The molecule has 2 aromatic heterocycles. The summed E-state index contributed by atoms with van der Waals surface area (Å²) in [5, 5.41) is 9.46. The number of hydrogen-bond acceptors (Lipinski definition) is 2. The van der Waals surface area contributed by atoms with Crippen LogP contribution in [-0.4, -0.2) is 20.5 Å². The number of carboxylic acid groups (broad SMARTS) is 1. The predicted molar refractivity (Wildman–Crippen MR) is 108 cm³/mol. The van der Waals surface area contributed by atoms with E-state index in [2.05, 4.69) is 4.98 Å². The molecule has 0 aliphatic carbocycles. The highest BCUT2D eigenvalue weighted by Gasteiger charge is 2.19. The maximum atomic E-state index is 11.5. The normalized spacial score (nSPS) is 11.3. The van der Waals surface area contributed by atoms with E-state index in [1.807, 2.05) is 85.1 Å². The highest BCUT2D eigenvalue weighted by molar-refractivity contribution is 6.32. The first-order chi connectivity index (χ1) is 13.1. The summed E-state index contributed by atoms with van der Waals surface area (Å²) in [6.45, 7) is 0. The summed E-state index contributed by atoms with van der Waals surface area (Å²) in [6.07, 6.45) is 5.70. The van der Waals surface area contributed by atoms with Crippen molar-refractivity contribution in [1.82, 2.24) is 9.38 Å². The Hall–Kier alpha value is -3.37. The van der Waals surface area contributed by atoms with Crippen LogP contribution in [0.4, 0.5) is 0 Å². The van der Waals surface area contributed by atoms with Gasteiger partial charge in [-0.15, -0.1) is 0 Å². The molecule has 4 rings (SSSR count). The maximum absolute atomic E-state index is 11.5. The van der Waals surface area contributed by atoms with Gasteiger partial charge in [-0.2, -0.15) is 0 Å². The second kappa shape index (κ2) is 7.09. The number of hydrogen-bond donors (Lipinski definition) is 1. The van der Waals surface area contributed by atoms with E-state index in [1.54, 1.807) is 4.40 Å². The lowest BCUT2D eigenvalue weighted by molar-refractivity contribution is 0.0691. The van der Waals surface area contributed by atoms with Crippen LogP contribution in [0.25, 0.3) is 28.9 Å². The van der Waals surface area contributed by atoms with Gasteiger partial charge >= 0.3 is 5.97 Å². The molecule has 2 aromatic carbocycles. The lowest BCUT2D eigenvalue weighted by Gasteiger charge is -2.07. The van der Waals surface area contributed by atoms with E-state index < -0.39 is 5.97 Å². The first kappa shape index (κ1) is 17.1. The Balaban J connectivity index is 1.93. The molecule has 0 saturated heterocycles. The fourth-order valence-corrected chi connectivity index (χ4v) is 3.19. The van der Waals surface area contributed by atoms with E-state index in [-0.39, 0.29) is 10.8 Å². The Morgan fingerprint density at radius 2 is 1.63 bits per heavy atom. The Morgan fingerprint density at radius 1 is 0.963 bits per heavy atom. The molecule has 4 nitrogen and oxygen atoms in total. The predicted octanol–water partition coefficient (Wildman–Crippen LogP) is 5.52. The number of fused-ring (bicyclic) bond motifs is 1. The van der Waals surface area contributed by atoms with Crippen LogP contribution in [0.3, 0.4) is 0 Å². The van der Waals surface area contributed by atoms with Crippen LogP contribution in [0.5, 0.6) is 0 Å². The van der Waals surface area contributed by atoms with Gasteiger partial charge in [-0.05, 0) is 22.8 Å². The first-order valence-electron chi connectivity index (χ1n) is 8.37. The molecule has 0 unspecified atom stereocenters. The number of carbonyl (C=O) groups is 1. The van der Waals surface area contributed by atoms with Gasteiger partial charge in [0.1, 0.15) is 10.8 Å². The van der Waals surface area contributed by atoms with Crippen molar-refractivity contribution in [3.05, 3.63) is 94.9 Å². The number of halogens is 1. The van der Waals surface area contributed by atoms with E-state index in [9.17, 15) is 9.90 Å². The number of benzene rings is 2. The first-order valence-corrected chi connectivity index (χ1v) is 8.75. The lowest BCUT2D eigenvalue weighted by atomic mass is 10.0. The Morgan fingerprint density at radius 3 is 2.30 bits per heavy atom. The second-order valence-electron chi connectivity index (χ2n) is 6.04. The lowest BCUT2D eigenvalue weighted by Crippen LogP contribution is -1.96. The average Bonchev–Trinajstić information content (AvgIpc) is 3.05. The van der Waals surface area contributed by atoms with Crippen LogP contribution < -0.4 is 0 Å². The summed E-state index contributed by atoms with van der Waals surface area (Å²) >= 11 is 6.30. The number of rotatable bonds is 4. The zero-order chi connectivity index (χ0) is 18.8. The number of nitrogens with zero attached hydrogens (tertiary/aromatic N) is 2. The van der Waals surface area contributed by atoms with Crippen LogP contribution >= 0.6 is 11.6 Å². The Bertz CT molecular complexity index is 1150. The van der Waals surface area contributed by atoms with Crippen molar-refractivity contribution >= 4 is 35.4 Å². The molecule has 27 heavy (non-hydrogen) atoms. The van der Waals surface area contributed by atoms with Crippen molar-refractivity contribution in [2.75, 3.05) is 0 Å². The van der Waals surface area contributed by atoms with Gasteiger partial charge < -0.3 is 5.11 Å². The fraction of sp³-hybridized carbons (Fsp3) is 0. The Labute approximate surface area is 161 Å². The molecule has 0 saturated carbocycles. The van der Waals surface area contributed by atoms with Gasteiger partial charge in [-0.1, -0.05) is 84.4 Å². The molecule has 132 valence electrons. The summed E-state index contributed by atoms with van der Waals surface area (Å²) in [5.41, 5.74) is 4.11. The van der Waals surface area contributed by atoms with Gasteiger partial charge in [-0.3, -0.25) is 4.40 Å². The second-order valence-corrected chi connectivity index (χ2v) is 6.40. The monoisotopic (exact) mass is 374 g/mol. The number of aromatic carboxylic acids is 1. The topological polar surface area (TPSA) is 54.6 Å². The molecule has 0 fully saturated rings. The van der Waals surface area contributed by atoms with Crippen molar-refractivity contribution in [3.8, 4) is 11.1 Å². The molecule has 0 bridgehead atoms. The fourth-order valence-electron chi connectivity index (χ4n) is 2.94. The smallest absolute Gasteiger partial charge is 0.357 e. The number of pyridine rings is 1. The molecule has 1 N–H and O–H groups in total. The summed E-state index contributed by atoms with van der Waals surface area (Å²) in [6, 6.07) is 21.7. The van der Waals surface area contributed by atoms with Gasteiger partial charge in [0.2, 0.25) is 0 Å². The SMILES string of the molecule is O=C(O)c1nc2c(C=Cc3ccccc3)cc(-c3ccccc3)cn2c1Cl. The zero-order valence-electron chi connectivity index (χ0n) is 14.2. The molecule has 0 radical (unpaired) electrons. The van der Waals surface area contributed by atoms with E-state index in [1.165, 1.54) is 0 Å². The summed E-state index contributed by atoms with van der Waals surface area (Å²) in [7, 11) is 0. The quantitative estimate of drug-likeness (QED) is 0.511. The minimum absolute atomic E-state index is 0.0876. The third-order valence-corrected chi connectivity index (χ3v) is 4.62. The number of carboxylic acids is 1. The van der Waals surface area contributed by atoms with Crippen molar-refractivity contribution in [2.24, 2.45) is 0 Å². The molecule has 5 heteroatoms. The van der Waals surface area contributed by atoms with Crippen molar-refractivity contribution in [1.29, 1.82) is 0 Å². The molecule has 0 aliphatic rings. The summed E-state index contributed by atoms with van der Waals surface area (Å²) < 4.78 is 1.62. The van der Waals surface area contributed by atoms with Crippen LogP contribution in [-0.2, 0) is 0 Å². The van der Waals surface area contributed by atoms with Crippen LogP contribution in [0.1, 0.15) is 21.6 Å². The molecule has 0 aliphatic heterocycles. The Kier molecular flexibility index (Phi) is 4.48. The zero-order valence-corrected chi connectivity index (χ0v) is 15.0. The van der Waals surface area contributed by atoms with Crippen molar-refractivity contribution < 1.29 is 9.90 Å². The standard InChI is InChI=1S/C22H15ClN2O2/c23-20-19(22(26)27)24-21-17(12-11-15-7-3-1-4-8-15)13-18(14-25(20)21)16-9-5-2-6-10-16/h1-14H,(H,26,27). The molecular weight excluding hydrogens is 360 g/mol. The molecule has 0 spiro atoms. The molecule has 0 amide bonds. The largest absolute Gasteiger partial charge is 0.476 e. The summed E-state index contributed by atoms with van der Waals surface area (Å²) in [5.74, 6) is -1.15. The van der Waals surface area contributed by atoms with Crippen molar-refractivity contribution in [3.63, 3.8) is 0 Å². The van der Waals surface area contributed by atoms with Gasteiger partial charge in [0.05, 0.1) is 0 Å². The third kappa shape index (κ3) is 3.35. The van der Waals surface area contributed by atoms with E-state index >= 15 is 0 Å². The molecule has 2 heterocycles. The van der Waals surface area contributed by atoms with Gasteiger partial charge in [0.15, 0.2) is 5.69 Å².